The van der Waals surface area contributed by atoms with Crippen LogP contribution in [0, 0.1) is 11.8 Å². The molecule has 0 aromatic carbocycles. The van der Waals surface area contributed by atoms with Crippen LogP contribution in [-0.4, -0.2) is 32.1 Å². The second kappa shape index (κ2) is 13.2. The summed E-state index contributed by atoms with van der Waals surface area (Å²) in [6.07, 6.45) is 2.89. The number of hydrogen-bond acceptors (Lipinski definition) is 4. The molecule has 4 heteroatoms. The van der Waals surface area contributed by atoms with Crippen LogP contribution >= 0.6 is 0 Å². The highest BCUT2D eigenvalue weighted by Crippen LogP contribution is 2.31. The molecule has 0 amide bonds. The number of allylic oxidation sites excluding steroid dienone is 2. The Hall–Kier alpha value is -1.13. The van der Waals surface area contributed by atoms with Gasteiger partial charge in [0, 0.05) is 19.6 Å². The summed E-state index contributed by atoms with van der Waals surface area (Å²) in [6, 6.07) is 0. The standard InChI is InChI=1S/C20H36O4/c1-8-22-19(23-9-2)14-18(16(6)7)17(20(21)24-10-3)13-11-12-15(4)5/h17-19H,4,6,8-14H2,1-3,5,7H3. The molecule has 0 bridgehead atoms. The van der Waals surface area contributed by atoms with E-state index >= 15 is 0 Å². The fourth-order valence-electron chi connectivity index (χ4n) is 2.83. The highest BCUT2D eigenvalue weighted by atomic mass is 16.7. The number of rotatable bonds is 14. The lowest BCUT2D eigenvalue weighted by Gasteiger charge is -2.29. The summed E-state index contributed by atoms with van der Waals surface area (Å²) in [5, 5.41) is 0. The van der Waals surface area contributed by atoms with Crippen molar-refractivity contribution in [2.75, 3.05) is 19.8 Å². The second-order valence-electron chi connectivity index (χ2n) is 6.24. The third kappa shape index (κ3) is 9.24. The summed E-state index contributed by atoms with van der Waals surface area (Å²) in [6.45, 7) is 19.3. The molecule has 0 spiro atoms. The zero-order valence-corrected chi connectivity index (χ0v) is 16.2. The molecule has 0 aliphatic rings. The first-order valence-electron chi connectivity index (χ1n) is 9.06. The van der Waals surface area contributed by atoms with Gasteiger partial charge in [0.15, 0.2) is 6.29 Å². The fraction of sp³-hybridized carbons (Fsp3) is 0.750. The molecule has 0 heterocycles. The van der Waals surface area contributed by atoms with Gasteiger partial charge in [0.1, 0.15) is 0 Å². The molecule has 0 N–H and O–H groups in total. The zero-order valence-electron chi connectivity index (χ0n) is 16.2. The third-order valence-corrected chi connectivity index (χ3v) is 3.98. The monoisotopic (exact) mass is 340 g/mol. The van der Waals surface area contributed by atoms with Crippen molar-refractivity contribution >= 4 is 5.97 Å². The third-order valence-electron chi connectivity index (χ3n) is 3.98. The van der Waals surface area contributed by atoms with Crippen molar-refractivity contribution in [3.8, 4) is 0 Å². The SMILES string of the molecule is C=C(C)CCCC(C(=O)OCC)C(CC(OCC)OCC)C(=C)C. The van der Waals surface area contributed by atoms with Gasteiger partial charge in [-0.2, -0.15) is 0 Å². The minimum absolute atomic E-state index is 0.0164. The molecule has 4 nitrogen and oxygen atoms in total. The van der Waals surface area contributed by atoms with Crippen LogP contribution in [0.4, 0.5) is 0 Å². The molecular formula is C20H36O4. The van der Waals surface area contributed by atoms with E-state index in [0.29, 0.717) is 26.2 Å². The largest absolute Gasteiger partial charge is 0.466 e. The van der Waals surface area contributed by atoms with Crippen molar-refractivity contribution < 1.29 is 19.0 Å². The normalized spacial score (nSPS) is 13.6. The van der Waals surface area contributed by atoms with E-state index in [1.54, 1.807) is 0 Å². The molecule has 24 heavy (non-hydrogen) atoms. The molecule has 0 aliphatic heterocycles. The number of ether oxygens (including phenoxy) is 3. The van der Waals surface area contributed by atoms with Crippen molar-refractivity contribution in [2.24, 2.45) is 11.8 Å². The van der Waals surface area contributed by atoms with E-state index in [-0.39, 0.29) is 24.1 Å². The number of esters is 1. The minimum Gasteiger partial charge on any atom is -0.466 e. The Balaban J connectivity index is 5.15. The van der Waals surface area contributed by atoms with Crippen LogP contribution < -0.4 is 0 Å². The molecule has 2 atom stereocenters. The van der Waals surface area contributed by atoms with Gasteiger partial charge >= 0.3 is 5.97 Å². The molecule has 0 aromatic rings. The first-order chi connectivity index (χ1) is 11.4. The van der Waals surface area contributed by atoms with Gasteiger partial charge in [0.2, 0.25) is 0 Å². The first-order valence-corrected chi connectivity index (χ1v) is 9.06. The highest BCUT2D eigenvalue weighted by molar-refractivity contribution is 5.73. The van der Waals surface area contributed by atoms with Crippen molar-refractivity contribution in [3.63, 3.8) is 0 Å². The van der Waals surface area contributed by atoms with E-state index in [0.717, 1.165) is 30.4 Å². The predicted molar refractivity (Wildman–Crippen MR) is 98.7 cm³/mol. The van der Waals surface area contributed by atoms with E-state index in [2.05, 4.69) is 13.2 Å². The molecule has 0 radical (unpaired) electrons. The maximum Gasteiger partial charge on any atom is 0.309 e. The van der Waals surface area contributed by atoms with Crippen molar-refractivity contribution in [1.29, 1.82) is 0 Å². The topological polar surface area (TPSA) is 44.8 Å². The lowest BCUT2D eigenvalue weighted by molar-refractivity contribution is -0.158. The lowest BCUT2D eigenvalue weighted by Crippen LogP contribution is -2.31. The molecule has 0 aliphatic carbocycles. The van der Waals surface area contributed by atoms with Gasteiger partial charge < -0.3 is 14.2 Å². The van der Waals surface area contributed by atoms with Gasteiger partial charge in [0.25, 0.3) is 0 Å². The van der Waals surface area contributed by atoms with Gasteiger partial charge in [-0.05, 0) is 59.8 Å². The van der Waals surface area contributed by atoms with Crippen LogP contribution in [0.2, 0.25) is 0 Å². The fourth-order valence-corrected chi connectivity index (χ4v) is 2.83. The maximum atomic E-state index is 12.5. The second-order valence-corrected chi connectivity index (χ2v) is 6.24. The Morgan fingerprint density at radius 1 is 0.958 bits per heavy atom. The van der Waals surface area contributed by atoms with Crippen LogP contribution in [0.15, 0.2) is 24.3 Å². The van der Waals surface area contributed by atoms with E-state index < -0.39 is 0 Å². The molecule has 0 rings (SSSR count). The van der Waals surface area contributed by atoms with Crippen LogP contribution in [0.25, 0.3) is 0 Å². The summed E-state index contributed by atoms with van der Waals surface area (Å²) < 4.78 is 16.6. The van der Waals surface area contributed by atoms with Gasteiger partial charge in [-0.15, -0.1) is 6.58 Å². The average Bonchev–Trinajstić information content (AvgIpc) is 2.49. The quantitative estimate of drug-likeness (QED) is 0.256. The first kappa shape index (κ1) is 22.9. The van der Waals surface area contributed by atoms with Crippen molar-refractivity contribution in [1.82, 2.24) is 0 Å². The molecule has 0 saturated heterocycles. The van der Waals surface area contributed by atoms with E-state index in [1.807, 2.05) is 34.6 Å². The van der Waals surface area contributed by atoms with Crippen molar-refractivity contribution in [3.05, 3.63) is 24.3 Å². The number of carbonyl (C=O) groups is 1. The molecule has 2 unspecified atom stereocenters. The van der Waals surface area contributed by atoms with E-state index in [9.17, 15) is 4.79 Å². The lowest BCUT2D eigenvalue weighted by atomic mass is 9.81. The summed E-state index contributed by atoms with van der Waals surface area (Å²) in [5.41, 5.74) is 2.10. The van der Waals surface area contributed by atoms with Gasteiger partial charge in [-0.1, -0.05) is 17.7 Å². The Kier molecular flexibility index (Phi) is 12.6. The summed E-state index contributed by atoms with van der Waals surface area (Å²) in [5.74, 6) is -0.388. The summed E-state index contributed by atoms with van der Waals surface area (Å²) in [7, 11) is 0. The smallest absolute Gasteiger partial charge is 0.309 e. The average molecular weight is 341 g/mol. The molecule has 140 valence electrons. The Morgan fingerprint density at radius 3 is 1.96 bits per heavy atom. The van der Waals surface area contributed by atoms with Crippen LogP contribution in [-0.2, 0) is 19.0 Å². The van der Waals surface area contributed by atoms with Crippen LogP contribution in [0.5, 0.6) is 0 Å². The molecule has 0 fully saturated rings. The van der Waals surface area contributed by atoms with Gasteiger partial charge in [-0.3, -0.25) is 4.79 Å². The molecule has 0 aromatic heterocycles. The highest BCUT2D eigenvalue weighted by Gasteiger charge is 2.32. The van der Waals surface area contributed by atoms with Crippen LogP contribution in [0.3, 0.4) is 0 Å². The minimum atomic E-state index is -0.320. The van der Waals surface area contributed by atoms with Crippen molar-refractivity contribution in [2.45, 2.75) is 66.6 Å². The van der Waals surface area contributed by atoms with Crippen LogP contribution in [0.1, 0.15) is 60.3 Å². The maximum absolute atomic E-state index is 12.5. The summed E-state index contributed by atoms with van der Waals surface area (Å²) >= 11 is 0. The summed E-state index contributed by atoms with van der Waals surface area (Å²) in [4.78, 5) is 12.5. The Morgan fingerprint density at radius 2 is 1.54 bits per heavy atom. The number of hydrogen-bond donors (Lipinski definition) is 0. The van der Waals surface area contributed by atoms with Gasteiger partial charge in [-0.25, -0.2) is 0 Å². The van der Waals surface area contributed by atoms with Gasteiger partial charge in [0.05, 0.1) is 12.5 Å². The number of carbonyl (C=O) groups excluding carboxylic acids is 1. The Bertz CT molecular complexity index is 383. The zero-order chi connectivity index (χ0) is 18.5. The van der Waals surface area contributed by atoms with E-state index in [1.165, 1.54) is 0 Å². The van der Waals surface area contributed by atoms with E-state index in [4.69, 9.17) is 14.2 Å². The Labute approximate surface area is 148 Å². The molecular weight excluding hydrogens is 304 g/mol. The predicted octanol–water partition coefficient (Wildman–Crippen LogP) is 4.89. The molecule has 0 saturated carbocycles.